The molecule has 8 nitrogen and oxygen atoms in total. The van der Waals surface area contributed by atoms with Crippen LogP contribution in [0.15, 0.2) is 91.5 Å². The fraction of sp³-hybridized carbons (Fsp3) is 0.278. The Bertz CT molecular complexity index is 1630. The molecule has 0 atom stereocenters. The summed E-state index contributed by atoms with van der Waals surface area (Å²) in [7, 11) is 0. The Kier molecular flexibility index (Phi) is 9.24. The third kappa shape index (κ3) is 7.68. The molecule has 44 heavy (non-hydrogen) atoms. The van der Waals surface area contributed by atoms with Gasteiger partial charge in [-0.25, -0.2) is 4.79 Å². The molecular formula is C36H36N6O2. The molecule has 0 spiro atoms. The maximum atomic E-state index is 12.7. The van der Waals surface area contributed by atoms with E-state index in [0.717, 1.165) is 46.2 Å². The summed E-state index contributed by atoms with van der Waals surface area (Å²) in [5.41, 5.74) is 5.79. The Morgan fingerprint density at radius 2 is 1.64 bits per heavy atom. The molecule has 1 aliphatic carbocycles. The average molecular weight is 585 g/mol. The Hall–Kier alpha value is -5.00. The first kappa shape index (κ1) is 29.1. The van der Waals surface area contributed by atoms with Gasteiger partial charge in [0, 0.05) is 79.9 Å². The molecule has 1 saturated carbocycles. The van der Waals surface area contributed by atoms with Gasteiger partial charge in [-0.2, -0.15) is 0 Å². The molecule has 2 aromatic heterocycles. The largest absolute Gasteiger partial charge is 0.351 e. The van der Waals surface area contributed by atoms with E-state index in [1.54, 1.807) is 24.8 Å². The van der Waals surface area contributed by atoms with Crippen molar-refractivity contribution in [2.24, 2.45) is 11.8 Å². The van der Waals surface area contributed by atoms with Crippen molar-refractivity contribution in [1.82, 2.24) is 25.5 Å². The molecule has 4 aromatic rings. The van der Waals surface area contributed by atoms with Gasteiger partial charge in [-0.05, 0) is 102 Å². The van der Waals surface area contributed by atoms with E-state index in [2.05, 4.69) is 42.7 Å². The molecule has 2 aromatic carbocycles. The maximum absolute atomic E-state index is 12.7. The molecule has 3 amide bonds. The zero-order chi connectivity index (χ0) is 30.1. The molecule has 8 heteroatoms. The molecule has 3 N–H and O–H groups in total. The summed E-state index contributed by atoms with van der Waals surface area (Å²) in [6.45, 7) is 4.39. The smallest absolute Gasteiger partial charge is 0.319 e. The van der Waals surface area contributed by atoms with Crippen LogP contribution in [0.2, 0.25) is 0 Å². The Morgan fingerprint density at radius 3 is 2.39 bits per heavy atom. The van der Waals surface area contributed by atoms with Crippen LogP contribution in [0.25, 0.3) is 11.1 Å². The quantitative estimate of drug-likeness (QED) is 0.241. The third-order valence-electron chi connectivity index (χ3n) is 8.26. The van der Waals surface area contributed by atoms with Crippen LogP contribution in [0.5, 0.6) is 0 Å². The van der Waals surface area contributed by atoms with E-state index in [0.29, 0.717) is 30.8 Å². The minimum absolute atomic E-state index is 0.0656. The lowest BCUT2D eigenvalue weighted by Gasteiger charge is -2.47. The number of nitrogens with zero attached hydrogens (tertiary/aromatic N) is 3. The number of hydrogen-bond acceptors (Lipinski definition) is 5. The number of fused-ring (bicyclic) bond motifs is 2. The second-order valence-corrected chi connectivity index (χ2v) is 11.5. The third-order valence-corrected chi connectivity index (χ3v) is 8.26. The van der Waals surface area contributed by atoms with Gasteiger partial charge in [0.1, 0.15) is 0 Å². The highest BCUT2D eigenvalue weighted by Gasteiger charge is 2.36. The minimum Gasteiger partial charge on any atom is -0.351 e. The van der Waals surface area contributed by atoms with Gasteiger partial charge < -0.3 is 20.9 Å². The van der Waals surface area contributed by atoms with Crippen LogP contribution in [-0.4, -0.2) is 59.5 Å². The van der Waals surface area contributed by atoms with E-state index in [1.807, 2.05) is 66.7 Å². The molecule has 0 unspecified atom stereocenters. The number of carbonyl (C=O) groups is 2. The van der Waals surface area contributed by atoms with E-state index in [1.165, 1.54) is 25.9 Å². The summed E-state index contributed by atoms with van der Waals surface area (Å²) in [5, 5.41) is 8.86. The van der Waals surface area contributed by atoms with Crippen molar-refractivity contribution >= 4 is 17.6 Å². The topological polar surface area (TPSA) is 99.2 Å². The van der Waals surface area contributed by atoms with Crippen molar-refractivity contribution in [1.29, 1.82) is 0 Å². The zero-order valence-corrected chi connectivity index (χ0v) is 24.6. The number of anilines is 1. The van der Waals surface area contributed by atoms with Crippen LogP contribution < -0.4 is 16.0 Å². The van der Waals surface area contributed by atoms with Gasteiger partial charge in [0.25, 0.3) is 5.91 Å². The second kappa shape index (κ2) is 14.0. The summed E-state index contributed by atoms with van der Waals surface area (Å²) in [6.07, 6.45) is 10.5. The predicted molar refractivity (Wildman–Crippen MR) is 172 cm³/mol. The Balaban J connectivity index is 1.08. The van der Waals surface area contributed by atoms with Gasteiger partial charge in [0.2, 0.25) is 0 Å². The summed E-state index contributed by atoms with van der Waals surface area (Å²) < 4.78 is 0. The SMILES string of the molecule is O=C(NCCc1cccnc1)Nc1ccc(-c2ccncc2)c(C#Cc2ccc(C(=O)NCCN3CC4CC(C4)C3)cc2)c1. The van der Waals surface area contributed by atoms with Crippen LogP contribution in [0.1, 0.15) is 39.9 Å². The van der Waals surface area contributed by atoms with Gasteiger partial charge >= 0.3 is 6.03 Å². The van der Waals surface area contributed by atoms with Crippen LogP contribution in [0, 0.1) is 23.7 Å². The molecule has 0 radical (unpaired) electrons. The normalized spacial score (nSPS) is 17.0. The molecular weight excluding hydrogens is 548 g/mol. The van der Waals surface area contributed by atoms with E-state index in [4.69, 9.17) is 0 Å². The number of rotatable bonds is 9. The molecule has 3 fully saturated rings. The fourth-order valence-corrected chi connectivity index (χ4v) is 5.98. The Labute approximate surface area is 258 Å². The van der Waals surface area contributed by atoms with Crippen molar-refractivity contribution < 1.29 is 9.59 Å². The minimum atomic E-state index is -0.286. The first-order chi connectivity index (χ1) is 21.6. The first-order valence-corrected chi connectivity index (χ1v) is 15.2. The van der Waals surface area contributed by atoms with Crippen molar-refractivity contribution in [2.75, 3.05) is 38.0 Å². The summed E-state index contributed by atoms with van der Waals surface area (Å²) >= 11 is 0. The van der Waals surface area contributed by atoms with Gasteiger partial charge in [0.15, 0.2) is 0 Å². The number of amides is 3. The van der Waals surface area contributed by atoms with E-state index in [9.17, 15) is 9.59 Å². The highest BCUT2D eigenvalue weighted by atomic mass is 16.2. The molecule has 2 bridgehead atoms. The molecule has 3 aliphatic rings. The number of nitrogens with one attached hydrogen (secondary N) is 3. The number of urea groups is 1. The van der Waals surface area contributed by atoms with Crippen LogP contribution in [0.3, 0.4) is 0 Å². The monoisotopic (exact) mass is 584 g/mol. The number of benzene rings is 2. The van der Waals surface area contributed by atoms with E-state index < -0.39 is 0 Å². The maximum Gasteiger partial charge on any atom is 0.319 e. The lowest BCUT2D eigenvalue weighted by atomic mass is 9.71. The number of piperidine rings is 2. The second-order valence-electron chi connectivity index (χ2n) is 11.5. The average Bonchev–Trinajstić information content (AvgIpc) is 3.05. The lowest BCUT2D eigenvalue weighted by Crippen LogP contribution is -2.50. The lowest BCUT2D eigenvalue weighted by molar-refractivity contribution is 0.0284. The van der Waals surface area contributed by atoms with Crippen LogP contribution in [-0.2, 0) is 6.42 Å². The number of carbonyl (C=O) groups excluding carboxylic acids is 2. The Morgan fingerprint density at radius 1 is 0.841 bits per heavy atom. The number of pyridine rings is 2. The highest BCUT2D eigenvalue weighted by molar-refractivity contribution is 5.94. The summed E-state index contributed by atoms with van der Waals surface area (Å²) in [5.74, 6) is 8.17. The van der Waals surface area contributed by atoms with Crippen molar-refractivity contribution in [2.45, 2.75) is 19.3 Å². The first-order valence-electron chi connectivity index (χ1n) is 15.2. The van der Waals surface area contributed by atoms with Crippen molar-refractivity contribution in [3.05, 3.63) is 114 Å². The molecule has 7 rings (SSSR count). The van der Waals surface area contributed by atoms with Crippen LogP contribution in [0.4, 0.5) is 10.5 Å². The molecule has 222 valence electrons. The van der Waals surface area contributed by atoms with E-state index >= 15 is 0 Å². The van der Waals surface area contributed by atoms with Crippen LogP contribution >= 0.6 is 0 Å². The van der Waals surface area contributed by atoms with Gasteiger partial charge in [-0.3, -0.25) is 14.8 Å². The number of aromatic nitrogens is 2. The van der Waals surface area contributed by atoms with Crippen molar-refractivity contribution in [3.8, 4) is 23.0 Å². The highest BCUT2D eigenvalue weighted by Crippen LogP contribution is 2.39. The molecule has 4 heterocycles. The molecule has 2 saturated heterocycles. The van der Waals surface area contributed by atoms with Crippen molar-refractivity contribution in [3.63, 3.8) is 0 Å². The predicted octanol–water partition coefficient (Wildman–Crippen LogP) is 4.98. The van der Waals surface area contributed by atoms with Gasteiger partial charge in [0.05, 0.1) is 0 Å². The van der Waals surface area contributed by atoms with E-state index in [-0.39, 0.29) is 11.9 Å². The van der Waals surface area contributed by atoms with Gasteiger partial charge in [-0.15, -0.1) is 0 Å². The summed E-state index contributed by atoms with van der Waals surface area (Å²) in [6, 6.07) is 20.5. The summed E-state index contributed by atoms with van der Waals surface area (Å²) in [4.78, 5) is 36.0. The molecule has 2 aliphatic heterocycles. The standard InChI is InChI=1S/C36H36N6O2/c43-35(39-18-19-42-24-28-20-29(21-28)25-42)31-6-3-26(4-7-31)5-8-32-22-33(9-10-34(32)30-12-15-37-16-13-30)41-36(44)40-17-11-27-2-1-14-38-23-27/h1-4,6-7,9-10,12-16,22-23,28-29H,11,17-21,24-25H2,(H,39,43)(H2,40,41,44). The van der Waals surface area contributed by atoms with Gasteiger partial charge in [-0.1, -0.05) is 24.0 Å². The zero-order valence-electron chi connectivity index (χ0n) is 24.6. The fourth-order valence-electron chi connectivity index (χ4n) is 5.98. The number of hydrogen-bond donors (Lipinski definition) is 3.